The molecule has 0 saturated heterocycles. The number of halogens is 1. The topological polar surface area (TPSA) is 64.6 Å². The normalized spacial score (nSPS) is 16.5. The summed E-state index contributed by atoms with van der Waals surface area (Å²) in [5.41, 5.74) is 1.11. The molecule has 0 fully saturated rings. The fourth-order valence-electron chi connectivity index (χ4n) is 2.06. The highest BCUT2D eigenvalue weighted by Gasteiger charge is 2.29. The molecule has 1 amide bonds. The molecule has 0 aromatic heterocycles. The maximum atomic E-state index is 12.7. The lowest BCUT2D eigenvalue weighted by atomic mass is 10.0. The van der Waals surface area contributed by atoms with Crippen LogP contribution in [0.25, 0.3) is 0 Å². The maximum Gasteiger partial charge on any atom is 0.337 e. The van der Waals surface area contributed by atoms with Crippen LogP contribution in [0, 0.1) is 0 Å². The minimum absolute atomic E-state index is 0.219. The summed E-state index contributed by atoms with van der Waals surface area (Å²) in [7, 11) is 2.73. The highest BCUT2D eigenvalue weighted by molar-refractivity contribution is 6.00. The Morgan fingerprint density at radius 3 is 2.84 bits per heavy atom. The van der Waals surface area contributed by atoms with Crippen LogP contribution in [0.4, 0.5) is 4.39 Å². The number of carbonyl (C=O) groups excluding carboxylic acids is 2. The number of methoxy groups -OCH3 is 1. The van der Waals surface area contributed by atoms with Crippen molar-refractivity contribution in [3.63, 3.8) is 0 Å². The Kier molecular flexibility index (Phi) is 3.69. The van der Waals surface area contributed by atoms with Gasteiger partial charge in [-0.3, -0.25) is 4.79 Å². The van der Waals surface area contributed by atoms with Crippen LogP contribution in [0.3, 0.4) is 0 Å². The highest BCUT2D eigenvalue weighted by Crippen LogP contribution is 2.34. The van der Waals surface area contributed by atoms with Gasteiger partial charge in [0.05, 0.1) is 18.2 Å². The molecule has 19 heavy (non-hydrogen) atoms. The fraction of sp³-hybridized carbons (Fsp3) is 0.385. The molecule has 1 aromatic carbocycles. The van der Waals surface area contributed by atoms with Crippen molar-refractivity contribution in [1.82, 2.24) is 5.32 Å². The minimum Gasteiger partial charge on any atom is -0.486 e. The Morgan fingerprint density at radius 1 is 1.53 bits per heavy atom. The number of esters is 1. The molecular formula is C13H14FNO4. The molecule has 6 heteroatoms. The molecule has 2 rings (SSSR count). The van der Waals surface area contributed by atoms with Gasteiger partial charge in [-0.1, -0.05) is 0 Å². The largest absolute Gasteiger partial charge is 0.486 e. The monoisotopic (exact) mass is 267 g/mol. The van der Waals surface area contributed by atoms with E-state index in [2.05, 4.69) is 10.1 Å². The van der Waals surface area contributed by atoms with Gasteiger partial charge in [-0.15, -0.1) is 0 Å². The van der Waals surface area contributed by atoms with Crippen molar-refractivity contribution >= 4 is 11.9 Å². The van der Waals surface area contributed by atoms with Gasteiger partial charge in [0, 0.05) is 13.5 Å². The Bertz CT molecular complexity index is 530. The first-order valence-electron chi connectivity index (χ1n) is 5.80. The summed E-state index contributed by atoms with van der Waals surface area (Å²) in [6.45, 7) is -0.643. The molecule has 1 aliphatic rings. The number of hydrogen-bond donors (Lipinski definition) is 1. The number of ether oxygens (including phenoxy) is 2. The molecule has 1 aromatic rings. The minimum atomic E-state index is -0.643. The van der Waals surface area contributed by atoms with Crippen molar-refractivity contribution in [3.8, 4) is 5.75 Å². The second kappa shape index (κ2) is 5.26. The second-order valence-electron chi connectivity index (χ2n) is 4.18. The number of nitrogens with one attached hydrogen (secondary N) is 1. The van der Waals surface area contributed by atoms with Crippen LogP contribution in [0.5, 0.6) is 5.75 Å². The molecule has 5 nitrogen and oxygen atoms in total. The van der Waals surface area contributed by atoms with Crippen LogP contribution >= 0.6 is 0 Å². The molecule has 0 radical (unpaired) electrons. The van der Waals surface area contributed by atoms with Crippen molar-refractivity contribution in [2.45, 2.75) is 12.5 Å². The Hall–Kier alpha value is -2.11. The van der Waals surface area contributed by atoms with Crippen LogP contribution in [-0.4, -0.2) is 38.8 Å². The summed E-state index contributed by atoms with van der Waals surface area (Å²) < 4.78 is 22.7. The summed E-state index contributed by atoms with van der Waals surface area (Å²) in [4.78, 5) is 23.4. The van der Waals surface area contributed by atoms with Gasteiger partial charge in [0.15, 0.2) is 0 Å². The standard InChI is InChI=1S/C13H14FNO4/c1-15-12(16)10-5-8(13(17)18-2)3-7-4-9(6-14)19-11(7)10/h3,5,9H,4,6H2,1-2H3,(H,15,16). The van der Waals surface area contributed by atoms with Gasteiger partial charge in [-0.2, -0.15) is 0 Å². The number of fused-ring (bicyclic) bond motifs is 1. The SMILES string of the molecule is CNC(=O)c1cc(C(=O)OC)cc2c1OC(CF)C2. The second-order valence-corrected chi connectivity index (χ2v) is 4.18. The van der Waals surface area contributed by atoms with Crippen LogP contribution in [-0.2, 0) is 11.2 Å². The fourth-order valence-corrected chi connectivity index (χ4v) is 2.06. The molecule has 0 spiro atoms. The number of amides is 1. The first kappa shape index (κ1) is 13.3. The zero-order valence-electron chi connectivity index (χ0n) is 10.7. The van der Waals surface area contributed by atoms with Crippen LogP contribution in [0.15, 0.2) is 12.1 Å². The lowest BCUT2D eigenvalue weighted by Gasteiger charge is -2.10. The zero-order valence-corrected chi connectivity index (χ0v) is 10.7. The lowest BCUT2D eigenvalue weighted by Crippen LogP contribution is -2.20. The molecular weight excluding hydrogens is 253 g/mol. The molecule has 1 atom stereocenters. The van der Waals surface area contributed by atoms with E-state index in [0.29, 0.717) is 17.7 Å². The molecule has 0 saturated carbocycles. The van der Waals surface area contributed by atoms with Gasteiger partial charge in [0.1, 0.15) is 18.5 Å². The smallest absolute Gasteiger partial charge is 0.337 e. The Morgan fingerprint density at radius 2 is 2.26 bits per heavy atom. The van der Waals surface area contributed by atoms with Gasteiger partial charge in [0.2, 0.25) is 0 Å². The third-order valence-corrected chi connectivity index (χ3v) is 2.96. The molecule has 1 heterocycles. The van der Waals surface area contributed by atoms with E-state index >= 15 is 0 Å². The van der Waals surface area contributed by atoms with E-state index in [-0.39, 0.29) is 17.0 Å². The number of rotatable bonds is 3. The predicted molar refractivity (Wildman–Crippen MR) is 65.3 cm³/mol. The zero-order chi connectivity index (χ0) is 14.0. The summed E-state index contributed by atoms with van der Waals surface area (Å²) >= 11 is 0. The third kappa shape index (κ3) is 2.38. The van der Waals surface area contributed by atoms with Crippen molar-refractivity contribution < 1.29 is 23.5 Å². The average Bonchev–Trinajstić information content (AvgIpc) is 2.87. The summed E-state index contributed by atoms with van der Waals surface area (Å²) in [6.07, 6.45) is -0.271. The summed E-state index contributed by atoms with van der Waals surface area (Å²) in [6, 6.07) is 2.97. The van der Waals surface area contributed by atoms with Gasteiger partial charge < -0.3 is 14.8 Å². The van der Waals surface area contributed by atoms with Crippen molar-refractivity contribution in [2.24, 2.45) is 0 Å². The average molecular weight is 267 g/mol. The van der Waals surface area contributed by atoms with E-state index in [1.807, 2.05) is 0 Å². The van der Waals surface area contributed by atoms with Gasteiger partial charge >= 0.3 is 5.97 Å². The molecule has 1 aliphatic heterocycles. The highest BCUT2D eigenvalue weighted by atomic mass is 19.1. The van der Waals surface area contributed by atoms with Gasteiger partial charge in [0.25, 0.3) is 5.91 Å². The predicted octanol–water partition coefficient (Wildman–Crippen LogP) is 1.11. The van der Waals surface area contributed by atoms with Crippen LogP contribution < -0.4 is 10.1 Å². The quantitative estimate of drug-likeness (QED) is 0.833. The molecule has 1 N–H and O–H groups in total. The van der Waals surface area contributed by atoms with Crippen LogP contribution in [0.1, 0.15) is 26.3 Å². The third-order valence-electron chi connectivity index (χ3n) is 2.96. The van der Waals surface area contributed by atoms with Gasteiger partial charge in [-0.05, 0) is 17.7 Å². The van der Waals surface area contributed by atoms with Crippen molar-refractivity contribution in [3.05, 3.63) is 28.8 Å². The molecule has 102 valence electrons. The summed E-state index contributed by atoms with van der Waals surface area (Å²) in [5, 5.41) is 2.46. The van der Waals surface area contributed by atoms with E-state index in [1.54, 1.807) is 6.07 Å². The molecule has 0 aliphatic carbocycles. The molecule has 0 bridgehead atoms. The molecule has 1 unspecified atom stereocenters. The number of carbonyl (C=O) groups is 2. The van der Waals surface area contributed by atoms with E-state index < -0.39 is 18.7 Å². The van der Waals surface area contributed by atoms with E-state index in [4.69, 9.17) is 4.74 Å². The Balaban J connectivity index is 2.50. The van der Waals surface area contributed by atoms with Crippen molar-refractivity contribution in [1.29, 1.82) is 0 Å². The van der Waals surface area contributed by atoms with Crippen molar-refractivity contribution in [2.75, 3.05) is 20.8 Å². The number of benzene rings is 1. The van der Waals surface area contributed by atoms with Gasteiger partial charge in [-0.25, -0.2) is 9.18 Å². The number of alkyl halides is 1. The van der Waals surface area contributed by atoms with E-state index in [0.717, 1.165) is 0 Å². The first-order valence-corrected chi connectivity index (χ1v) is 5.80. The first-order chi connectivity index (χ1) is 9.10. The number of hydrogen-bond acceptors (Lipinski definition) is 4. The van der Waals surface area contributed by atoms with Crippen LogP contribution in [0.2, 0.25) is 0 Å². The van der Waals surface area contributed by atoms with E-state index in [1.165, 1.54) is 20.2 Å². The summed E-state index contributed by atoms with van der Waals surface area (Å²) in [5.74, 6) is -0.590. The maximum absolute atomic E-state index is 12.7. The lowest BCUT2D eigenvalue weighted by molar-refractivity contribution is 0.0600. The Labute approximate surface area is 109 Å². The van der Waals surface area contributed by atoms with E-state index in [9.17, 15) is 14.0 Å².